The fraction of sp³-hybridized carbons (Fsp3) is 0.464. The molecular formula is C28H33NO6. The van der Waals surface area contributed by atoms with Crippen LogP contribution >= 0.6 is 0 Å². The molecule has 35 heavy (non-hydrogen) atoms. The molecule has 1 fully saturated rings. The van der Waals surface area contributed by atoms with Crippen LogP contribution in [0.3, 0.4) is 0 Å². The van der Waals surface area contributed by atoms with Gasteiger partial charge in [-0.3, -0.25) is 4.79 Å². The van der Waals surface area contributed by atoms with Gasteiger partial charge in [0.2, 0.25) is 13.1 Å². The monoisotopic (exact) mass is 479 g/mol. The first-order valence-electron chi connectivity index (χ1n) is 12.5. The summed E-state index contributed by atoms with van der Waals surface area (Å²) < 4.78 is 23.3. The number of fused-ring (bicyclic) bond motifs is 1. The molecule has 2 atom stereocenters. The number of aliphatic hydroxyl groups excluding tert-OH is 1. The van der Waals surface area contributed by atoms with Crippen LogP contribution in [0.5, 0.6) is 11.5 Å². The van der Waals surface area contributed by atoms with Gasteiger partial charge in [0.15, 0.2) is 17.3 Å². The van der Waals surface area contributed by atoms with Crippen LogP contribution in [0.1, 0.15) is 61.1 Å². The molecule has 5 rings (SSSR count). The molecule has 0 saturated heterocycles. The van der Waals surface area contributed by atoms with E-state index < -0.39 is 6.29 Å². The number of aliphatic hydroxyl groups is 1. The van der Waals surface area contributed by atoms with Gasteiger partial charge >= 0.3 is 0 Å². The Morgan fingerprint density at radius 2 is 1.77 bits per heavy atom. The maximum absolute atomic E-state index is 13.5. The van der Waals surface area contributed by atoms with Crippen LogP contribution < -0.4 is 9.47 Å². The molecule has 2 aliphatic heterocycles. The van der Waals surface area contributed by atoms with Gasteiger partial charge in [-0.15, -0.1) is 0 Å². The lowest BCUT2D eigenvalue weighted by molar-refractivity contribution is -0.156. The summed E-state index contributed by atoms with van der Waals surface area (Å²) >= 11 is 0. The third-order valence-electron chi connectivity index (χ3n) is 7.18. The number of amides is 1. The standard InChI is InChI=1S/C28H33NO6/c1-29(23-5-3-2-4-6-23)28(31)26-14-22(21-11-12-24-25(13-21)34-18-33-24)15-27(35-26)32-17-20-9-7-19(16-30)8-10-20/h7-14,22-23,27,30H,2-6,15-18H2,1H3/t22-,27+/m0/s1. The maximum Gasteiger partial charge on any atom is 0.288 e. The lowest BCUT2D eigenvalue weighted by Crippen LogP contribution is -2.41. The minimum Gasteiger partial charge on any atom is -0.459 e. The molecule has 1 aliphatic carbocycles. The second-order valence-corrected chi connectivity index (χ2v) is 9.53. The Morgan fingerprint density at radius 1 is 1.03 bits per heavy atom. The number of carbonyl (C=O) groups excluding carboxylic acids is 1. The van der Waals surface area contributed by atoms with Crippen molar-refractivity contribution in [1.29, 1.82) is 0 Å². The van der Waals surface area contributed by atoms with Gasteiger partial charge < -0.3 is 29.0 Å². The van der Waals surface area contributed by atoms with E-state index in [0.717, 1.165) is 53.9 Å². The summed E-state index contributed by atoms with van der Waals surface area (Å²) in [6.07, 6.45) is 7.56. The number of benzene rings is 2. The summed E-state index contributed by atoms with van der Waals surface area (Å²) in [5, 5.41) is 9.27. The SMILES string of the molecule is CN(C(=O)C1=C[C@H](c2ccc3c(c2)OCO3)C[C@H](OCc2ccc(CO)cc2)O1)C1CCCCC1. The highest BCUT2D eigenvalue weighted by Gasteiger charge is 2.33. The van der Waals surface area contributed by atoms with Crippen LogP contribution in [0.2, 0.25) is 0 Å². The third kappa shape index (κ3) is 5.46. The Labute approximate surface area is 206 Å². The molecule has 7 nitrogen and oxygen atoms in total. The summed E-state index contributed by atoms with van der Waals surface area (Å²) in [5.74, 6) is 1.64. The van der Waals surface area contributed by atoms with E-state index in [4.69, 9.17) is 18.9 Å². The Bertz CT molecular complexity index is 1060. The second-order valence-electron chi connectivity index (χ2n) is 9.53. The number of nitrogens with zero attached hydrogens (tertiary/aromatic N) is 1. The third-order valence-corrected chi connectivity index (χ3v) is 7.18. The van der Waals surface area contributed by atoms with Crippen LogP contribution in [0.4, 0.5) is 0 Å². The highest BCUT2D eigenvalue weighted by Crippen LogP contribution is 2.39. The molecule has 0 aromatic heterocycles. The molecule has 0 radical (unpaired) electrons. The molecular weight excluding hydrogens is 446 g/mol. The van der Waals surface area contributed by atoms with Gasteiger partial charge in [0.25, 0.3) is 5.91 Å². The lowest BCUT2D eigenvalue weighted by Gasteiger charge is -2.34. The minimum atomic E-state index is -0.563. The van der Waals surface area contributed by atoms with E-state index in [1.54, 1.807) is 0 Å². The van der Waals surface area contributed by atoms with Gasteiger partial charge in [-0.2, -0.15) is 0 Å². The average molecular weight is 480 g/mol. The normalized spacial score (nSPS) is 21.8. The molecule has 7 heteroatoms. The first-order valence-corrected chi connectivity index (χ1v) is 12.5. The quantitative estimate of drug-likeness (QED) is 0.624. The fourth-order valence-corrected chi connectivity index (χ4v) is 5.02. The van der Waals surface area contributed by atoms with Crippen molar-refractivity contribution in [2.24, 2.45) is 0 Å². The Kier molecular flexibility index (Phi) is 7.25. The van der Waals surface area contributed by atoms with Crippen molar-refractivity contribution in [1.82, 2.24) is 4.90 Å². The van der Waals surface area contributed by atoms with E-state index in [1.165, 1.54) is 6.42 Å². The van der Waals surface area contributed by atoms with Crippen molar-refractivity contribution in [2.75, 3.05) is 13.8 Å². The molecule has 186 valence electrons. The van der Waals surface area contributed by atoms with E-state index in [-0.39, 0.29) is 31.3 Å². The Balaban J connectivity index is 1.34. The molecule has 3 aliphatic rings. The predicted octanol–water partition coefficient (Wildman–Crippen LogP) is 4.63. The van der Waals surface area contributed by atoms with Gasteiger partial charge in [-0.25, -0.2) is 0 Å². The smallest absolute Gasteiger partial charge is 0.288 e. The molecule has 2 heterocycles. The molecule has 0 spiro atoms. The van der Waals surface area contributed by atoms with E-state index in [1.807, 2.05) is 60.5 Å². The summed E-state index contributed by atoms with van der Waals surface area (Å²) in [7, 11) is 1.88. The Morgan fingerprint density at radius 3 is 2.54 bits per heavy atom. The number of ether oxygens (including phenoxy) is 4. The van der Waals surface area contributed by atoms with Crippen LogP contribution in [-0.4, -0.2) is 42.1 Å². The molecule has 1 amide bonds. The lowest BCUT2D eigenvalue weighted by atomic mass is 9.91. The zero-order valence-electron chi connectivity index (χ0n) is 20.2. The van der Waals surface area contributed by atoms with Crippen molar-refractivity contribution >= 4 is 5.91 Å². The van der Waals surface area contributed by atoms with E-state index in [2.05, 4.69) is 0 Å². The first-order chi connectivity index (χ1) is 17.1. The first kappa shape index (κ1) is 23.7. The molecule has 0 bridgehead atoms. The summed E-state index contributed by atoms with van der Waals surface area (Å²) in [6.45, 7) is 0.582. The van der Waals surface area contributed by atoms with Crippen molar-refractivity contribution < 1.29 is 28.8 Å². The summed E-state index contributed by atoms with van der Waals surface area (Å²) in [4.78, 5) is 15.3. The number of likely N-dealkylation sites (N-methyl/N-ethyl adjacent to an activating group) is 1. The number of carbonyl (C=O) groups is 1. The zero-order valence-corrected chi connectivity index (χ0v) is 20.2. The highest BCUT2D eigenvalue weighted by atomic mass is 16.7. The van der Waals surface area contributed by atoms with Crippen LogP contribution in [0.25, 0.3) is 0 Å². The van der Waals surface area contributed by atoms with Gasteiger partial charge in [-0.05, 0) is 47.7 Å². The molecule has 2 aromatic carbocycles. The molecule has 0 unspecified atom stereocenters. The van der Waals surface area contributed by atoms with Crippen LogP contribution in [-0.2, 0) is 27.5 Å². The number of hydrogen-bond acceptors (Lipinski definition) is 6. The largest absolute Gasteiger partial charge is 0.459 e. The Hall–Kier alpha value is -3.03. The van der Waals surface area contributed by atoms with Gasteiger partial charge in [0.05, 0.1) is 13.2 Å². The topological polar surface area (TPSA) is 77.5 Å². The maximum atomic E-state index is 13.5. The van der Waals surface area contributed by atoms with Gasteiger partial charge in [0.1, 0.15) is 0 Å². The van der Waals surface area contributed by atoms with Crippen LogP contribution in [0, 0.1) is 0 Å². The number of rotatable bonds is 7. The summed E-state index contributed by atoms with van der Waals surface area (Å²) in [6, 6.07) is 13.8. The average Bonchev–Trinajstić information content (AvgIpc) is 3.40. The van der Waals surface area contributed by atoms with E-state index >= 15 is 0 Å². The second kappa shape index (κ2) is 10.7. The van der Waals surface area contributed by atoms with Crippen molar-refractivity contribution in [3.8, 4) is 11.5 Å². The van der Waals surface area contributed by atoms with Crippen molar-refractivity contribution in [2.45, 2.75) is 70.0 Å². The fourth-order valence-electron chi connectivity index (χ4n) is 5.02. The molecule has 1 saturated carbocycles. The van der Waals surface area contributed by atoms with Gasteiger partial charge in [-0.1, -0.05) is 49.6 Å². The molecule has 2 aromatic rings. The number of hydrogen-bond donors (Lipinski definition) is 1. The van der Waals surface area contributed by atoms with Gasteiger partial charge in [0, 0.05) is 25.4 Å². The predicted molar refractivity (Wildman–Crippen MR) is 130 cm³/mol. The minimum absolute atomic E-state index is 0.00879. The molecule has 1 N–H and O–H groups in total. The van der Waals surface area contributed by atoms with E-state index in [0.29, 0.717) is 18.8 Å². The van der Waals surface area contributed by atoms with Crippen LogP contribution in [0.15, 0.2) is 54.3 Å². The number of allylic oxidation sites excluding steroid dienone is 1. The summed E-state index contributed by atoms with van der Waals surface area (Å²) in [5.41, 5.74) is 2.86. The van der Waals surface area contributed by atoms with Crippen molar-refractivity contribution in [3.05, 3.63) is 71.0 Å². The van der Waals surface area contributed by atoms with Crippen molar-refractivity contribution in [3.63, 3.8) is 0 Å². The highest BCUT2D eigenvalue weighted by molar-refractivity contribution is 5.91. The zero-order chi connectivity index (χ0) is 24.2. The van der Waals surface area contributed by atoms with E-state index in [9.17, 15) is 9.90 Å².